The van der Waals surface area contributed by atoms with Crippen molar-refractivity contribution in [1.29, 1.82) is 0 Å². The second-order valence-corrected chi connectivity index (χ2v) is 7.11. The van der Waals surface area contributed by atoms with Gasteiger partial charge in [0.05, 0.1) is 35.0 Å². The van der Waals surface area contributed by atoms with Crippen LogP contribution in [0.3, 0.4) is 0 Å². The summed E-state index contributed by atoms with van der Waals surface area (Å²) in [5.41, 5.74) is 0.708. The Balaban J connectivity index is 0.00000342. The van der Waals surface area contributed by atoms with Gasteiger partial charge in [-0.2, -0.15) is 0 Å². The van der Waals surface area contributed by atoms with Crippen LogP contribution in [0.15, 0.2) is 60.9 Å². The SMILES string of the molecule is COc1cc2ncnc(Nc3ccc(Oc4cccc(CC(=O)O)c4)cc3F)c2cc1[N+](=O)[O-].Cl. The monoisotopic (exact) mass is 500 g/mol. The van der Waals surface area contributed by atoms with Crippen molar-refractivity contribution in [2.45, 2.75) is 6.42 Å². The summed E-state index contributed by atoms with van der Waals surface area (Å²) in [6.45, 7) is 0. The summed E-state index contributed by atoms with van der Waals surface area (Å²) in [5, 5.41) is 23.4. The van der Waals surface area contributed by atoms with Gasteiger partial charge in [-0.1, -0.05) is 12.1 Å². The molecule has 4 aromatic rings. The van der Waals surface area contributed by atoms with Crippen molar-refractivity contribution in [2.75, 3.05) is 12.4 Å². The molecule has 2 N–H and O–H groups in total. The number of aromatic nitrogens is 2. The normalized spacial score (nSPS) is 10.3. The second-order valence-electron chi connectivity index (χ2n) is 7.11. The van der Waals surface area contributed by atoms with Crippen molar-refractivity contribution in [1.82, 2.24) is 9.97 Å². The van der Waals surface area contributed by atoms with Gasteiger partial charge in [-0.25, -0.2) is 14.4 Å². The molecule has 0 amide bonds. The predicted molar refractivity (Wildman–Crippen MR) is 128 cm³/mol. The summed E-state index contributed by atoms with van der Waals surface area (Å²) >= 11 is 0. The molecule has 10 nitrogen and oxygen atoms in total. The van der Waals surface area contributed by atoms with Crippen LogP contribution < -0.4 is 14.8 Å². The first-order valence-corrected chi connectivity index (χ1v) is 9.86. The van der Waals surface area contributed by atoms with Gasteiger partial charge in [0.25, 0.3) is 0 Å². The topological polar surface area (TPSA) is 137 Å². The number of anilines is 2. The first-order chi connectivity index (χ1) is 16.3. The quantitative estimate of drug-likeness (QED) is 0.245. The number of benzene rings is 3. The van der Waals surface area contributed by atoms with E-state index in [1.165, 1.54) is 37.7 Å². The number of aliphatic carboxylic acids is 1. The van der Waals surface area contributed by atoms with Gasteiger partial charge in [0, 0.05) is 18.2 Å². The maximum atomic E-state index is 14.8. The molecule has 1 heterocycles. The van der Waals surface area contributed by atoms with E-state index in [0.29, 0.717) is 22.2 Å². The van der Waals surface area contributed by atoms with E-state index in [-0.39, 0.29) is 47.5 Å². The highest BCUT2D eigenvalue weighted by molar-refractivity contribution is 5.93. The molecule has 4 rings (SSSR count). The fourth-order valence-corrected chi connectivity index (χ4v) is 3.30. The average Bonchev–Trinajstić information content (AvgIpc) is 2.80. The fourth-order valence-electron chi connectivity index (χ4n) is 3.30. The van der Waals surface area contributed by atoms with Gasteiger partial charge >= 0.3 is 11.7 Å². The smallest absolute Gasteiger partial charge is 0.311 e. The number of rotatable bonds is 8. The molecule has 0 saturated carbocycles. The number of nitrogens with one attached hydrogen (secondary N) is 1. The van der Waals surface area contributed by atoms with Crippen LogP contribution in [0.4, 0.5) is 21.6 Å². The highest BCUT2D eigenvalue weighted by Gasteiger charge is 2.19. The van der Waals surface area contributed by atoms with E-state index >= 15 is 0 Å². The van der Waals surface area contributed by atoms with E-state index in [9.17, 15) is 19.3 Å². The number of ether oxygens (including phenoxy) is 2. The maximum absolute atomic E-state index is 14.8. The van der Waals surface area contributed by atoms with Gasteiger partial charge in [-0.15, -0.1) is 12.4 Å². The van der Waals surface area contributed by atoms with Crippen molar-refractivity contribution >= 4 is 46.5 Å². The van der Waals surface area contributed by atoms with Gasteiger partial charge in [0.2, 0.25) is 0 Å². The van der Waals surface area contributed by atoms with Crippen LogP contribution in [-0.2, 0) is 11.2 Å². The lowest BCUT2D eigenvalue weighted by Gasteiger charge is -2.12. The zero-order valence-corrected chi connectivity index (χ0v) is 18.9. The number of carbonyl (C=O) groups is 1. The third kappa shape index (κ3) is 5.71. The molecule has 12 heteroatoms. The molecule has 0 aliphatic carbocycles. The average molecular weight is 501 g/mol. The molecule has 0 bridgehead atoms. The minimum absolute atomic E-state index is 0. The molecule has 0 aliphatic heterocycles. The zero-order chi connectivity index (χ0) is 24.2. The number of hydrogen-bond donors (Lipinski definition) is 2. The van der Waals surface area contributed by atoms with Crippen molar-refractivity contribution in [3.63, 3.8) is 0 Å². The third-order valence-corrected chi connectivity index (χ3v) is 4.82. The predicted octanol–water partition coefficient (Wildman–Crippen LogP) is 5.27. The number of nitro benzene ring substituents is 1. The molecule has 0 spiro atoms. The summed E-state index contributed by atoms with van der Waals surface area (Å²) in [4.78, 5) is 29.9. The Morgan fingerprint density at radius 3 is 2.60 bits per heavy atom. The summed E-state index contributed by atoms with van der Waals surface area (Å²) in [7, 11) is 1.32. The Morgan fingerprint density at radius 2 is 1.91 bits per heavy atom. The first-order valence-electron chi connectivity index (χ1n) is 9.86. The highest BCUT2D eigenvalue weighted by atomic mass is 35.5. The Labute approximate surface area is 203 Å². The molecule has 0 atom stereocenters. The van der Waals surface area contributed by atoms with Gasteiger partial charge in [-0.3, -0.25) is 14.9 Å². The van der Waals surface area contributed by atoms with Crippen molar-refractivity contribution in [2.24, 2.45) is 0 Å². The molecule has 0 unspecified atom stereocenters. The number of carboxylic acids is 1. The fraction of sp³-hybridized carbons (Fsp3) is 0.0870. The molecular weight excluding hydrogens is 483 g/mol. The standard InChI is InChI=1S/C23H17FN4O6.ClH/c1-33-21-11-19-16(10-20(21)28(31)32)23(26-12-25-19)27-18-6-5-15(9-17(18)24)34-14-4-2-3-13(7-14)8-22(29)30;/h2-7,9-12H,8H2,1H3,(H,29,30)(H,25,26,27);1H. The van der Waals surface area contributed by atoms with E-state index in [2.05, 4.69) is 15.3 Å². The number of carboxylic acid groups (broad SMARTS) is 1. The molecule has 0 fully saturated rings. The summed E-state index contributed by atoms with van der Waals surface area (Å²) < 4.78 is 25.5. The number of nitro groups is 1. The van der Waals surface area contributed by atoms with Gasteiger partial charge in [0.1, 0.15) is 29.5 Å². The lowest BCUT2D eigenvalue weighted by Crippen LogP contribution is -2.01. The van der Waals surface area contributed by atoms with E-state index < -0.39 is 16.7 Å². The van der Waals surface area contributed by atoms with Crippen molar-refractivity contribution < 1.29 is 28.7 Å². The lowest BCUT2D eigenvalue weighted by atomic mass is 10.1. The molecule has 180 valence electrons. The number of hydrogen-bond acceptors (Lipinski definition) is 8. The van der Waals surface area contributed by atoms with E-state index in [4.69, 9.17) is 14.6 Å². The second kappa shape index (κ2) is 10.6. The molecular formula is C23H18ClFN4O6. The molecule has 0 aliphatic rings. The van der Waals surface area contributed by atoms with Crippen molar-refractivity contribution in [3.05, 3.63) is 82.4 Å². The van der Waals surface area contributed by atoms with Crippen LogP contribution in [0.5, 0.6) is 17.2 Å². The summed E-state index contributed by atoms with van der Waals surface area (Å²) in [6, 6.07) is 13.3. The Kier molecular flexibility index (Phi) is 7.62. The number of halogens is 2. The summed E-state index contributed by atoms with van der Waals surface area (Å²) in [6.07, 6.45) is 1.08. The molecule has 1 aromatic heterocycles. The molecule has 35 heavy (non-hydrogen) atoms. The van der Waals surface area contributed by atoms with Crippen LogP contribution in [0.1, 0.15) is 5.56 Å². The number of fused-ring (bicyclic) bond motifs is 1. The minimum Gasteiger partial charge on any atom is -0.490 e. The van der Waals surface area contributed by atoms with Crippen LogP contribution in [0.25, 0.3) is 10.9 Å². The Bertz CT molecular complexity index is 1420. The number of methoxy groups -OCH3 is 1. The van der Waals surface area contributed by atoms with E-state index in [1.807, 2.05) is 0 Å². The molecule has 3 aromatic carbocycles. The first kappa shape index (κ1) is 25.1. The van der Waals surface area contributed by atoms with Crippen LogP contribution >= 0.6 is 12.4 Å². The number of nitrogens with zero attached hydrogens (tertiary/aromatic N) is 3. The van der Waals surface area contributed by atoms with Crippen molar-refractivity contribution in [3.8, 4) is 17.2 Å². The minimum atomic E-state index is -0.973. The van der Waals surface area contributed by atoms with Gasteiger partial charge in [-0.05, 0) is 29.8 Å². The van der Waals surface area contributed by atoms with Crippen LogP contribution in [0.2, 0.25) is 0 Å². The van der Waals surface area contributed by atoms with Gasteiger partial charge in [0.15, 0.2) is 5.75 Å². The highest BCUT2D eigenvalue weighted by Crippen LogP contribution is 2.35. The van der Waals surface area contributed by atoms with Crippen LogP contribution in [0, 0.1) is 15.9 Å². The third-order valence-electron chi connectivity index (χ3n) is 4.82. The lowest BCUT2D eigenvalue weighted by molar-refractivity contribution is -0.385. The summed E-state index contributed by atoms with van der Waals surface area (Å²) in [5.74, 6) is -0.856. The Hall–Kier alpha value is -4.51. The Morgan fingerprint density at radius 1 is 1.14 bits per heavy atom. The maximum Gasteiger partial charge on any atom is 0.311 e. The molecule has 0 radical (unpaired) electrons. The van der Waals surface area contributed by atoms with Crippen LogP contribution in [-0.4, -0.2) is 33.1 Å². The zero-order valence-electron chi connectivity index (χ0n) is 18.1. The van der Waals surface area contributed by atoms with Gasteiger partial charge < -0.3 is 19.9 Å². The van der Waals surface area contributed by atoms with E-state index in [0.717, 1.165) is 6.07 Å². The molecule has 0 saturated heterocycles. The largest absolute Gasteiger partial charge is 0.490 e. The van der Waals surface area contributed by atoms with E-state index in [1.54, 1.807) is 24.3 Å².